The number of hydrogen-bond donors (Lipinski definition) is 1. The summed E-state index contributed by atoms with van der Waals surface area (Å²) in [5.41, 5.74) is 6.06. The monoisotopic (exact) mass is 302 g/mol. The molecule has 0 aliphatic rings. The van der Waals surface area contributed by atoms with E-state index in [1.54, 1.807) is 0 Å². The van der Waals surface area contributed by atoms with Crippen molar-refractivity contribution in [2.75, 3.05) is 0 Å². The van der Waals surface area contributed by atoms with E-state index >= 15 is 0 Å². The van der Waals surface area contributed by atoms with Crippen molar-refractivity contribution in [1.82, 2.24) is 0 Å². The lowest BCUT2D eigenvalue weighted by molar-refractivity contribution is -0.142. The minimum atomic E-state index is -0.516. The van der Waals surface area contributed by atoms with E-state index in [1.165, 1.54) is 24.3 Å². The average Bonchev–Trinajstić information content (AvgIpc) is 2.35. The topological polar surface area (TPSA) is 64.7 Å². The molecule has 0 bridgehead atoms. The van der Waals surface area contributed by atoms with Crippen LogP contribution in [0.25, 0.3) is 0 Å². The van der Waals surface area contributed by atoms with Crippen LogP contribution in [0.5, 0.6) is 0 Å². The van der Waals surface area contributed by atoms with Gasteiger partial charge in [-0.15, -0.1) is 0 Å². The third-order valence-corrected chi connectivity index (χ3v) is 3.01. The van der Waals surface area contributed by atoms with Crippen LogP contribution >= 0.6 is 15.9 Å². The summed E-state index contributed by atoms with van der Waals surface area (Å²) in [6.45, 7) is 1.83. The molecule has 0 radical (unpaired) electrons. The van der Waals surface area contributed by atoms with Crippen LogP contribution in [-0.2, 0) is 9.63 Å². The summed E-state index contributed by atoms with van der Waals surface area (Å²) in [6.07, 6.45) is 0.588. The fourth-order valence-corrected chi connectivity index (χ4v) is 1.07. The summed E-state index contributed by atoms with van der Waals surface area (Å²) in [4.78, 5) is 15.5. The van der Waals surface area contributed by atoms with Crippen LogP contribution in [-0.4, -0.2) is 16.6 Å². The Balaban J connectivity index is 2.67. The summed E-state index contributed by atoms with van der Waals surface area (Å²) < 4.78 is 12.6. The van der Waals surface area contributed by atoms with Crippen LogP contribution in [0.15, 0.2) is 29.4 Å². The number of carbonyl (C=O) groups is 1. The van der Waals surface area contributed by atoms with Gasteiger partial charge in [-0.05, 0) is 30.7 Å². The maximum Gasteiger partial charge on any atom is 0.348 e. The van der Waals surface area contributed by atoms with E-state index in [-0.39, 0.29) is 11.7 Å². The Morgan fingerprint density at radius 1 is 1.53 bits per heavy atom. The fourth-order valence-electron chi connectivity index (χ4n) is 0.991. The number of alkyl halides is 1. The van der Waals surface area contributed by atoms with E-state index in [2.05, 4.69) is 25.9 Å². The number of hydrogen-bond acceptors (Lipinski definition) is 3. The molecule has 0 fully saturated rings. The number of halogens is 2. The highest BCUT2D eigenvalue weighted by molar-refractivity contribution is 9.10. The molecule has 1 rings (SSSR count). The Hall–Kier alpha value is -1.43. The van der Waals surface area contributed by atoms with Gasteiger partial charge in [0.25, 0.3) is 0 Å². The molecule has 0 aliphatic heterocycles. The quantitative estimate of drug-likeness (QED) is 0.305. The third-order valence-electron chi connectivity index (χ3n) is 1.99. The smallest absolute Gasteiger partial charge is 0.348 e. The molecule has 1 aromatic rings. The standard InChI is InChI=1S/C11H12BrFN2O2/c1-2-9(12)11(16)17-15-10(14)7-3-5-8(13)6-4-7/h3-6,9H,2H2,1H3,(H2,14,15). The van der Waals surface area contributed by atoms with Gasteiger partial charge in [-0.25, -0.2) is 9.18 Å². The van der Waals surface area contributed by atoms with E-state index in [1.807, 2.05) is 6.92 Å². The molecule has 0 saturated heterocycles. The number of carbonyl (C=O) groups excluding carboxylic acids is 1. The zero-order valence-electron chi connectivity index (χ0n) is 9.19. The highest BCUT2D eigenvalue weighted by Crippen LogP contribution is 2.07. The molecular weight excluding hydrogens is 291 g/mol. The van der Waals surface area contributed by atoms with Crippen LogP contribution in [0.1, 0.15) is 18.9 Å². The highest BCUT2D eigenvalue weighted by atomic mass is 79.9. The normalized spacial score (nSPS) is 13.2. The summed E-state index contributed by atoms with van der Waals surface area (Å²) in [7, 11) is 0. The SMILES string of the molecule is CCC(Br)C(=O)O/N=C(\N)c1ccc(F)cc1. The van der Waals surface area contributed by atoms with Gasteiger partial charge in [0.05, 0.1) is 0 Å². The van der Waals surface area contributed by atoms with E-state index in [9.17, 15) is 9.18 Å². The second kappa shape index (κ2) is 6.34. The Morgan fingerprint density at radius 2 is 2.12 bits per heavy atom. The first-order valence-electron chi connectivity index (χ1n) is 4.99. The summed E-state index contributed by atoms with van der Waals surface area (Å²) in [5, 5.41) is 3.49. The van der Waals surface area contributed by atoms with Gasteiger partial charge in [-0.3, -0.25) is 0 Å². The van der Waals surface area contributed by atoms with Crippen molar-refractivity contribution in [3.63, 3.8) is 0 Å². The first-order chi connectivity index (χ1) is 8.04. The second-order valence-electron chi connectivity index (χ2n) is 3.27. The number of nitrogens with zero attached hydrogens (tertiary/aromatic N) is 1. The van der Waals surface area contributed by atoms with Crippen molar-refractivity contribution in [2.24, 2.45) is 10.9 Å². The van der Waals surface area contributed by atoms with Crippen molar-refractivity contribution in [1.29, 1.82) is 0 Å². The van der Waals surface area contributed by atoms with Crippen LogP contribution in [0.3, 0.4) is 0 Å². The predicted octanol–water partition coefficient (Wildman–Crippen LogP) is 2.16. The van der Waals surface area contributed by atoms with Crippen LogP contribution in [0.2, 0.25) is 0 Å². The molecule has 6 heteroatoms. The Kier molecular flexibility index (Phi) is 5.09. The maximum absolute atomic E-state index is 12.6. The number of amidine groups is 1. The Labute approximate surface area is 107 Å². The van der Waals surface area contributed by atoms with Gasteiger partial charge >= 0.3 is 5.97 Å². The lowest BCUT2D eigenvalue weighted by Crippen LogP contribution is -2.18. The number of oxime groups is 1. The molecule has 1 unspecified atom stereocenters. The van der Waals surface area contributed by atoms with Crippen LogP contribution in [0, 0.1) is 5.82 Å². The van der Waals surface area contributed by atoms with Crippen LogP contribution in [0.4, 0.5) is 4.39 Å². The van der Waals surface area contributed by atoms with Crippen molar-refractivity contribution >= 4 is 27.7 Å². The molecule has 0 aliphatic carbocycles. The largest absolute Gasteiger partial charge is 0.380 e. The zero-order valence-corrected chi connectivity index (χ0v) is 10.8. The van der Waals surface area contributed by atoms with Gasteiger partial charge in [0.1, 0.15) is 10.6 Å². The number of benzene rings is 1. The number of nitrogens with two attached hydrogens (primary N) is 1. The lowest BCUT2D eigenvalue weighted by atomic mass is 10.2. The van der Waals surface area contributed by atoms with Crippen molar-refractivity contribution in [3.05, 3.63) is 35.6 Å². The maximum atomic E-state index is 12.6. The van der Waals surface area contributed by atoms with Gasteiger partial charge in [0.2, 0.25) is 0 Å². The highest BCUT2D eigenvalue weighted by Gasteiger charge is 2.14. The molecular formula is C11H12BrFN2O2. The Bertz CT molecular complexity index is 420. The third kappa shape index (κ3) is 4.14. The predicted molar refractivity (Wildman–Crippen MR) is 66.2 cm³/mol. The summed E-state index contributed by atoms with van der Waals surface area (Å²) >= 11 is 3.12. The molecule has 0 amide bonds. The van der Waals surface area contributed by atoms with Gasteiger partial charge in [-0.1, -0.05) is 28.0 Å². The first kappa shape index (κ1) is 13.6. The van der Waals surface area contributed by atoms with E-state index < -0.39 is 10.8 Å². The Morgan fingerprint density at radius 3 is 2.65 bits per heavy atom. The minimum Gasteiger partial charge on any atom is -0.380 e. The molecule has 0 aromatic heterocycles. The first-order valence-corrected chi connectivity index (χ1v) is 5.90. The molecule has 17 heavy (non-hydrogen) atoms. The minimum absolute atomic E-state index is 0.0224. The lowest BCUT2D eigenvalue weighted by Gasteiger charge is -2.03. The summed E-state index contributed by atoms with van der Waals surface area (Å²) in [5.74, 6) is -0.864. The summed E-state index contributed by atoms with van der Waals surface area (Å²) in [6, 6.07) is 5.40. The molecule has 0 heterocycles. The van der Waals surface area contributed by atoms with Crippen molar-refractivity contribution < 1.29 is 14.0 Å². The van der Waals surface area contributed by atoms with Gasteiger partial charge in [0, 0.05) is 5.56 Å². The average molecular weight is 303 g/mol. The second-order valence-corrected chi connectivity index (χ2v) is 4.37. The van der Waals surface area contributed by atoms with Gasteiger partial charge in [-0.2, -0.15) is 0 Å². The van der Waals surface area contributed by atoms with Crippen molar-refractivity contribution in [3.8, 4) is 0 Å². The van der Waals surface area contributed by atoms with E-state index in [4.69, 9.17) is 5.73 Å². The fraction of sp³-hybridized carbons (Fsp3) is 0.273. The molecule has 0 saturated carbocycles. The van der Waals surface area contributed by atoms with Gasteiger partial charge in [0.15, 0.2) is 5.84 Å². The number of rotatable bonds is 4. The van der Waals surface area contributed by atoms with Gasteiger partial charge < -0.3 is 10.6 Å². The zero-order chi connectivity index (χ0) is 12.8. The molecule has 4 nitrogen and oxygen atoms in total. The van der Waals surface area contributed by atoms with E-state index in [0.29, 0.717) is 12.0 Å². The van der Waals surface area contributed by atoms with E-state index in [0.717, 1.165) is 0 Å². The van der Waals surface area contributed by atoms with Crippen molar-refractivity contribution in [2.45, 2.75) is 18.2 Å². The molecule has 1 aromatic carbocycles. The molecule has 2 N–H and O–H groups in total. The van der Waals surface area contributed by atoms with Crippen LogP contribution < -0.4 is 5.73 Å². The molecule has 92 valence electrons. The molecule has 0 spiro atoms. The molecule has 1 atom stereocenters.